The van der Waals surface area contributed by atoms with Crippen LogP contribution in [0.4, 0.5) is 0 Å². The van der Waals surface area contributed by atoms with Crippen molar-refractivity contribution >= 4 is 58.2 Å². The van der Waals surface area contributed by atoms with Gasteiger partial charge in [0.1, 0.15) is 10.1 Å². The van der Waals surface area contributed by atoms with Crippen molar-refractivity contribution in [2.75, 3.05) is 0 Å². The lowest BCUT2D eigenvalue weighted by Crippen LogP contribution is -2.14. The van der Waals surface area contributed by atoms with Crippen molar-refractivity contribution in [2.45, 2.75) is 8.50 Å². The largest absolute Gasteiger partial charge is 0.216 e. The van der Waals surface area contributed by atoms with Crippen molar-refractivity contribution in [3.8, 4) is 5.40 Å². The molecule has 1 nitrogen and oxygen atoms in total. The van der Waals surface area contributed by atoms with Gasteiger partial charge in [-0.1, -0.05) is 34.8 Å². The van der Waals surface area contributed by atoms with Gasteiger partial charge >= 0.3 is 0 Å². The van der Waals surface area contributed by atoms with E-state index in [1.807, 2.05) is 0 Å². The highest BCUT2D eigenvalue weighted by Gasteiger charge is 2.31. The minimum atomic E-state index is -1.57. The van der Waals surface area contributed by atoms with E-state index in [0.717, 1.165) is 0 Å². The van der Waals surface area contributed by atoms with Crippen LogP contribution >= 0.6 is 58.2 Å². The summed E-state index contributed by atoms with van der Waals surface area (Å²) in [4.78, 5) is 0. The van der Waals surface area contributed by atoms with Gasteiger partial charge in [-0.15, -0.1) is 11.6 Å². The van der Waals surface area contributed by atoms with E-state index in [1.165, 1.54) is 0 Å². The predicted molar refractivity (Wildman–Crippen MR) is 43.1 cm³/mol. The zero-order valence-corrected chi connectivity index (χ0v) is 7.78. The summed E-state index contributed by atoms with van der Waals surface area (Å²) < 4.78 is -2.38. The summed E-state index contributed by atoms with van der Waals surface area (Å²) in [5.74, 6) is 0. The van der Waals surface area contributed by atoms with Crippen molar-refractivity contribution < 1.29 is 0 Å². The Balaban J connectivity index is 3.76. The normalized spacial score (nSPS) is 14.6. The molecular weight excluding hydrogens is 224 g/mol. The maximum atomic E-state index is 8.05. The minimum Gasteiger partial charge on any atom is -0.185 e. The molecule has 9 heavy (non-hydrogen) atoms. The Morgan fingerprint density at radius 2 is 1.89 bits per heavy atom. The molecule has 52 valence electrons. The fourth-order valence-corrected chi connectivity index (χ4v) is 0.860. The number of nitrogens with zero attached hydrogens (tertiary/aromatic N) is 1. The van der Waals surface area contributed by atoms with Gasteiger partial charge in [-0.25, -0.2) is 0 Å². The van der Waals surface area contributed by atoms with Gasteiger partial charge in [-0.2, -0.15) is 5.26 Å². The fourth-order valence-electron chi connectivity index (χ4n) is 0.113. The minimum absolute atomic E-state index is 0.713. The van der Waals surface area contributed by atoms with Gasteiger partial charge in [-0.05, 0) is 11.8 Å². The molecule has 0 rings (SSSR count). The average Bonchev–Trinajstić information content (AvgIpc) is 1.64. The summed E-state index contributed by atoms with van der Waals surface area (Å²) in [7, 11) is 0. The topological polar surface area (TPSA) is 23.8 Å². The number of hydrogen-bond acceptors (Lipinski definition) is 2. The van der Waals surface area contributed by atoms with Crippen LogP contribution in [0.5, 0.6) is 0 Å². The highest BCUT2D eigenvalue weighted by molar-refractivity contribution is 8.05. The van der Waals surface area contributed by atoms with Crippen LogP contribution in [0.15, 0.2) is 0 Å². The van der Waals surface area contributed by atoms with Crippen LogP contribution in [-0.2, 0) is 0 Å². The number of rotatable bonds is 1. The molecule has 0 bridgehead atoms. The van der Waals surface area contributed by atoms with E-state index in [9.17, 15) is 0 Å². The molecule has 0 saturated carbocycles. The van der Waals surface area contributed by atoms with Gasteiger partial charge in [0.2, 0.25) is 3.79 Å². The first-order chi connectivity index (χ1) is 3.98. The molecule has 0 radical (unpaired) electrons. The molecule has 0 aliphatic carbocycles. The van der Waals surface area contributed by atoms with Crippen LogP contribution in [-0.4, -0.2) is 8.50 Å². The first-order valence-electron chi connectivity index (χ1n) is 1.74. The van der Waals surface area contributed by atoms with E-state index in [-0.39, 0.29) is 0 Å². The number of alkyl halides is 4. The second-order valence-corrected chi connectivity index (χ2v) is 5.02. The molecule has 0 heterocycles. The quantitative estimate of drug-likeness (QED) is 0.505. The first kappa shape index (κ1) is 10.0. The molecule has 0 aromatic rings. The van der Waals surface area contributed by atoms with E-state index in [2.05, 4.69) is 0 Å². The Morgan fingerprint density at radius 3 is 2.00 bits per heavy atom. The van der Waals surface area contributed by atoms with Crippen LogP contribution in [0.1, 0.15) is 0 Å². The number of hydrogen-bond donors (Lipinski definition) is 0. The van der Waals surface area contributed by atoms with E-state index in [0.29, 0.717) is 11.8 Å². The molecule has 0 saturated heterocycles. The van der Waals surface area contributed by atoms with Crippen LogP contribution in [0.2, 0.25) is 0 Å². The zero-order valence-electron chi connectivity index (χ0n) is 3.94. The summed E-state index contributed by atoms with van der Waals surface area (Å²) in [6.07, 6.45) is 0. The second kappa shape index (κ2) is 4.00. The smallest absolute Gasteiger partial charge is 0.185 e. The summed E-state index contributed by atoms with van der Waals surface area (Å²) in [6, 6.07) is 0. The van der Waals surface area contributed by atoms with Crippen molar-refractivity contribution in [1.82, 2.24) is 0 Å². The van der Waals surface area contributed by atoms with E-state index >= 15 is 0 Å². The molecule has 0 amide bonds. The Kier molecular flexibility index (Phi) is 4.44. The Labute approximate surface area is 77.2 Å². The molecule has 0 N–H and O–H groups in total. The van der Waals surface area contributed by atoms with Crippen LogP contribution < -0.4 is 0 Å². The van der Waals surface area contributed by atoms with Gasteiger partial charge in [0.05, 0.1) is 0 Å². The highest BCUT2D eigenvalue weighted by atomic mass is 35.6. The Bertz CT molecular complexity index is 125. The number of nitriles is 1. The monoisotopic (exact) mass is 223 g/mol. The lowest BCUT2D eigenvalue weighted by Gasteiger charge is -2.12. The van der Waals surface area contributed by atoms with E-state index < -0.39 is 8.50 Å². The SMILES string of the molecule is N#CSC(Cl)C(Cl)(Cl)Cl. The van der Waals surface area contributed by atoms with Gasteiger partial charge in [0.25, 0.3) is 0 Å². The summed E-state index contributed by atoms with van der Waals surface area (Å²) in [6.45, 7) is 0. The zero-order chi connectivity index (χ0) is 7.49. The maximum absolute atomic E-state index is 8.05. The molecular formula is C3HCl4NS. The molecule has 0 aliphatic heterocycles. The molecule has 0 spiro atoms. The standard InChI is InChI=1S/C3HCl4NS/c4-2(9-1-8)3(5,6)7/h2H. The number of thiocyanates is 1. The van der Waals surface area contributed by atoms with Crippen molar-refractivity contribution in [3.63, 3.8) is 0 Å². The molecule has 0 aliphatic rings. The molecule has 1 atom stereocenters. The van der Waals surface area contributed by atoms with E-state index in [4.69, 9.17) is 51.7 Å². The number of thioether (sulfide) groups is 1. The lowest BCUT2D eigenvalue weighted by atomic mass is 10.9. The second-order valence-electron chi connectivity index (χ2n) is 1.07. The van der Waals surface area contributed by atoms with Crippen molar-refractivity contribution in [1.29, 1.82) is 5.26 Å². The molecule has 0 fully saturated rings. The fraction of sp³-hybridized carbons (Fsp3) is 0.667. The Hall–Kier alpha value is 1.00. The molecule has 1 unspecified atom stereocenters. The lowest BCUT2D eigenvalue weighted by molar-refractivity contribution is 1.21. The van der Waals surface area contributed by atoms with Gasteiger partial charge in [0, 0.05) is 0 Å². The third kappa shape index (κ3) is 4.41. The summed E-state index contributed by atoms with van der Waals surface area (Å²) in [5, 5.41) is 9.76. The van der Waals surface area contributed by atoms with E-state index in [1.54, 1.807) is 5.40 Å². The molecule has 0 aromatic heterocycles. The van der Waals surface area contributed by atoms with Crippen molar-refractivity contribution in [3.05, 3.63) is 0 Å². The van der Waals surface area contributed by atoms with Crippen LogP contribution in [0.25, 0.3) is 0 Å². The third-order valence-corrected chi connectivity index (χ3v) is 3.05. The van der Waals surface area contributed by atoms with Crippen molar-refractivity contribution in [2.24, 2.45) is 0 Å². The average molecular weight is 225 g/mol. The Morgan fingerprint density at radius 1 is 1.44 bits per heavy atom. The maximum Gasteiger partial charge on any atom is 0.216 e. The van der Waals surface area contributed by atoms with Crippen LogP contribution in [0, 0.1) is 10.7 Å². The molecule has 0 aromatic carbocycles. The first-order valence-corrected chi connectivity index (χ1v) is 4.19. The van der Waals surface area contributed by atoms with Gasteiger partial charge < -0.3 is 0 Å². The predicted octanol–water partition coefficient (Wildman–Crippen LogP) is 3.14. The highest BCUT2D eigenvalue weighted by Crippen LogP contribution is 2.39. The summed E-state index contributed by atoms with van der Waals surface area (Å²) >= 11 is 22.0. The van der Waals surface area contributed by atoms with Crippen LogP contribution in [0.3, 0.4) is 0 Å². The van der Waals surface area contributed by atoms with Gasteiger partial charge in [0.15, 0.2) is 0 Å². The summed E-state index contributed by atoms with van der Waals surface area (Å²) in [5.41, 5.74) is 0. The molecule has 6 heteroatoms. The third-order valence-electron chi connectivity index (χ3n) is 0.414. The van der Waals surface area contributed by atoms with Gasteiger partial charge in [-0.3, -0.25) is 0 Å². The number of halogens is 4.